The number of hydrogen-bond donors (Lipinski definition) is 1. The third kappa shape index (κ3) is 3.73. The Hall–Kier alpha value is -2.86. The summed E-state index contributed by atoms with van der Waals surface area (Å²) in [6.45, 7) is 7.74. The average molecular weight is 401 g/mol. The van der Waals surface area contributed by atoms with Crippen molar-refractivity contribution in [2.75, 3.05) is 11.5 Å². The molecule has 0 aliphatic rings. The van der Waals surface area contributed by atoms with Crippen LogP contribution in [0.5, 0.6) is 0 Å². The number of aromatic nitrogens is 3. The van der Waals surface area contributed by atoms with E-state index in [0.29, 0.717) is 23.6 Å². The van der Waals surface area contributed by atoms with E-state index in [-0.39, 0.29) is 17.1 Å². The number of thioether (sulfide) groups is 1. The van der Waals surface area contributed by atoms with Crippen LogP contribution in [0.3, 0.4) is 0 Å². The number of nitrogen functional groups attached to an aromatic ring is 1. The number of ketones is 1. The van der Waals surface area contributed by atoms with E-state index in [9.17, 15) is 19.6 Å². The first-order chi connectivity index (χ1) is 13.1. The minimum Gasteiger partial charge on any atom is -0.384 e. The Bertz CT molecular complexity index is 1110. The molecule has 0 atom stereocenters. The first kappa shape index (κ1) is 21.4. The van der Waals surface area contributed by atoms with Gasteiger partial charge in [-0.25, -0.2) is 9.78 Å². The highest BCUT2D eigenvalue weighted by Crippen LogP contribution is 2.27. The zero-order valence-electron chi connectivity index (χ0n) is 16.6. The van der Waals surface area contributed by atoms with Gasteiger partial charge in [-0.2, -0.15) is 5.26 Å². The summed E-state index contributed by atoms with van der Waals surface area (Å²) in [4.78, 5) is 41.9. The summed E-state index contributed by atoms with van der Waals surface area (Å²) in [5.74, 6) is -0.743. The molecule has 9 heteroatoms. The van der Waals surface area contributed by atoms with Gasteiger partial charge in [0.1, 0.15) is 22.5 Å². The van der Waals surface area contributed by atoms with Crippen molar-refractivity contribution < 1.29 is 4.79 Å². The molecular formula is C19H23N5O3S. The molecule has 148 valence electrons. The molecule has 0 unspecified atom stereocenters. The van der Waals surface area contributed by atoms with Crippen LogP contribution >= 0.6 is 11.8 Å². The van der Waals surface area contributed by atoms with E-state index in [4.69, 9.17) is 5.73 Å². The molecule has 0 radical (unpaired) electrons. The first-order valence-electron chi connectivity index (χ1n) is 8.78. The van der Waals surface area contributed by atoms with Gasteiger partial charge in [0.05, 0.1) is 11.3 Å². The highest BCUT2D eigenvalue weighted by atomic mass is 32.2. The second-order valence-electron chi connectivity index (χ2n) is 6.51. The van der Waals surface area contributed by atoms with Gasteiger partial charge in [0.2, 0.25) is 0 Å². The molecule has 0 spiro atoms. The zero-order valence-corrected chi connectivity index (χ0v) is 17.4. The van der Waals surface area contributed by atoms with E-state index < -0.39 is 17.0 Å². The van der Waals surface area contributed by atoms with Gasteiger partial charge in [-0.15, -0.1) is 0 Å². The molecule has 0 aliphatic carbocycles. The van der Waals surface area contributed by atoms with Gasteiger partial charge < -0.3 is 5.73 Å². The quantitative estimate of drug-likeness (QED) is 0.577. The molecule has 28 heavy (non-hydrogen) atoms. The molecule has 0 saturated carbocycles. The number of nitrogens with zero attached hydrogens (tertiary/aromatic N) is 4. The van der Waals surface area contributed by atoms with Crippen LogP contribution < -0.4 is 17.0 Å². The summed E-state index contributed by atoms with van der Waals surface area (Å²) in [6, 6.07) is 2.13. The summed E-state index contributed by atoms with van der Waals surface area (Å²) in [5, 5.41) is 9.89. The van der Waals surface area contributed by atoms with Gasteiger partial charge >= 0.3 is 5.69 Å². The summed E-state index contributed by atoms with van der Waals surface area (Å²) in [6.07, 6.45) is 0.627. The number of nitriles is 1. The van der Waals surface area contributed by atoms with Gasteiger partial charge in [0.15, 0.2) is 5.78 Å². The molecule has 2 aromatic rings. The van der Waals surface area contributed by atoms with E-state index in [1.165, 1.54) is 11.6 Å². The molecular weight excluding hydrogens is 378 g/mol. The van der Waals surface area contributed by atoms with Crippen LogP contribution in [0.25, 0.3) is 0 Å². The Kier molecular flexibility index (Phi) is 6.46. The van der Waals surface area contributed by atoms with Crippen LogP contribution in [0.15, 0.2) is 14.6 Å². The van der Waals surface area contributed by atoms with E-state index >= 15 is 0 Å². The molecule has 0 aliphatic heterocycles. The van der Waals surface area contributed by atoms with E-state index in [1.54, 1.807) is 0 Å². The van der Waals surface area contributed by atoms with Crippen molar-refractivity contribution in [1.29, 1.82) is 5.26 Å². The maximum atomic E-state index is 12.8. The number of nitrogens with two attached hydrogens (primary N) is 1. The zero-order chi connectivity index (χ0) is 21.2. The number of carbonyl (C=O) groups excluding carboxylic acids is 1. The van der Waals surface area contributed by atoms with Gasteiger partial charge in [-0.05, 0) is 38.3 Å². The van der Waals surface area contributed by atoms with Gasteiger partial charge in [0, 0.05) is 19.3 Å². The van der Waals surface area contributed by atoms with Crippen LogP contribution in [-0.2, 0) is 13.6 Å². The van der Waals surface area contributed by atoms with Crippen molar-refractivity contribution in [3.8, 4) is 6.07 Å². The van der Waals surface area contributed by atoms with E-state index in [0.717, 1.165) is 33.1 Å². The second-order valence-corrected chi connectivity index (χ2v) is 7.47. The van der Waals surface area contributed by atoms with E-state index in [1.807, 2.05) is 27.7 Å². The summed E-state index contributed by atoms with van der Waals surface area (Å²) >= 11 is 1.08. The Morgan fingerprint density at radius 3 is 2.46 bits per heavy atom. The molecule has 8 nitrogen and oxygen atoms in total. The van der Waals surface area contributed by atoms with Crippen LogP contribution in [0.4, 0.5) is 5.82 Å². The fourth-order valence-electron chi connectivity index (χ4n) is 2.84. The van der Waals surface area contributed by atoms with Crippen LogP contribution in [0.1, 0.15) is 46.1 Å². The van der Waals surface area contributed by atoms with Crippen molar-refractivity contribution in [2.45, 2.75) is 45.7 Å². The number of rotatable bonds is 6. The lowest BCUT2D eigenvalue weighted by Crippen LogP contribution is -2.42. The number of aryl methyl sites for hydroxylation is 1. The fraction of sp³-hybridized carbons (Fsp3) is 0.421. The van der Waals surface area contributed by atoms with Crippen LogP contribution in [0, 0.1) is 32.1 Å². The number of pyridine rings is 1. The summed E-state index contributed by atoms with van der Waals surface area (Å²) in [5.41, 5.74) is 7.45. The highest BCUT2D eigenvalue weighted by molar-refractivity contribution is 8.00. The Morgan fingerprint density at radius 1 is 1.25 bits per heavy atom. The number of hydrogen-bond acceptors (Lipinski definition) is 7. The molecule has 2 N–H and O–H groups in total. The molecule has 2 aromatic heterocycles. The summed E-state index contributed by atoms with van der Waals surface area (Å²) in [7, 11) is 1.32. The molecule has 2 heterocycles. The minimum atomic E-state index is -0.717. The second kappa shape index (κ2) is 8.44. The van der Waals surface area contributed by atoms with Gasteiger partial charge in [-0.3, -0.25) is 18.7 Å². The molecule has 0 fully saturated rings. The monoisotopic (exact) mass is 401 g/mol. The van der Waals surface area contributed by atoms with Crippen LogP contribution in [-0.4, -0.2) is 25.7 Å². The highest BCUT2D eigenvalue weighted by Gasteiger charge is 2.22. The minimum absolute atomic E-state index is 0.118. The molecule has 0 bridgehead atoms. The number of carbonyl (C=O) groups is 1. The Morgan fingerprint density at radius 2 is 1.89 bits per heavy atom. The SMILES string of the molecule is CCCn1c(N)c(C(=O)CSc2nc(C)c(C)c(C)c2C#N)c(=O)n(C)c1=O. The van der Waals surface area contributed by atoms with Crippen molar-refractivity contribution in [3.63, 3.8) is 0 Å². The van der Waals surface area contributed by atoms with Crippen molar-refractivity contribution in [2.24, 2.45) is 7.05 Å². The maximum Gasteiger partial charge on any atom is 0.332 e. The normalized spacial score (nSPS) is 10.7. The fourth-order valence-corrected chi connectivity index (χ4v) is 3.80. The average Bonchev–Trinajstić information content (AvgIpc) is 2.66. The largest absolute Gasteiger partial charge is 0.384 e. The lowest BCUT2D eigenvalue weighted by molar-refractivity contribution is 0.102. The maximum absolute atomic E-state index is 12.8. The molecule has 0 saturated heterocycles. The van der Waals surface area contributed by atoms with Crippen molar-refractivity contribution >= 4 is 23.4 Å². The lowest BCUT2D eigenvalue weighted by atomic mass is 10.1. The van der Waals surface area contributed by atoms with Gasteiger partial charge in [0.25, 0.3) is 5.56 Å². The predicted octanol–water partition coefficient (Wildman–Crippen LogP) is 1.71. The Balaban J connectivity index is 2.45. The third-order valence-electron chi connectivity index (χ3n) is 4.72. The lowest BCUT2D eigenvalue weighted by Gasteiger charge is -2.14. The molecule has 0 amide bonds. The van der Waals surface area contributed by atoms with Crippen molar-refractivity contribution in [1.82, 2.24) is 14.1 Å². The number of anilines is 1. The molecule has 0 aromatic carbocycles. The topological polar surface area (TPSA) is 124 Å². The summed E-state index contributed by atoms with van der Waals surface area (Å²) < 4.78 is 2.13. The molecule has 2 rings (SSSR count). The predicted molar refractivity (Wildman–Crippen MR) is 109 cm³/mol. The number of Topliss-reactive ketones (excluding diaryl/α,β-unsaturated/α-hetero) is 1. The van der Waals surface area contributed by atoms with Gasteiger partial charge in [-0.1, -0.05) is 18.7 Å². The standard InChI is InChI=1S/C19H23N5O3S/c1-6-7-24-16(21)15(18(26)23(5)19(24)27)14(25)9-28-17-13(8-20)11(3)10(2)12(4)22-17/h6-7,9,21H2,1-5H3. The smallest absolute Gasteiger partial charge is 0.332 e. The van der Waals surface area contributed by atoms with Crippen LogP contribution in [0.2, 0.25) is 0 Å². The van der Waals surface area contributed by atoms with Crippen molar-refractivity contribution in [3.05, 3.63) is 48.8 Å². The Labute approximate surface area is 167 Å². The first-order valence-corrected chi connectivity index (χ1v) is 9.77. The van der Waals surface area contributed by atoms with E-state index in [2.05, 4.69) is 11.1 Å². The third-order valence-corrected chi connectivity index (χ3v) is 5.70.